The van der Waals surface area contributed by atoms with Crippen LogP contribution in [0.4, 0.5) is 4.39 Å². The van der Waals surface area contributed by atoms with Crippen molar-refractivity contribution in [2.24, 2.45) is 0 Å². The van der Waals surface area contributed by atoms with E-state index >= 15 is 0 Å². The number of hydrogen-bond donors (Lipinski definition) is 2. The van der Waals surface area contributed by atoms with Gasteiger partial charge in [-0.05, 0) is 32.9 Å². The molecule has 0 spiro atoms. The van der Waals surface area contributed by atoms with Crippen LogP contribution in [0.1, 0.15) is 20.8 Å². The van der Waals surface area contributed by atoms with Crippen LogP contribution in [0.25, 0.3) is 0 Å². The predicted octanol–water partition coefficient (Wildman–Crippen LogP) is 1.48. The Bertz CT molecular complexity index is 420. The molecule has 5 heteroatoms. The van der Waals surface area contributed by atoms with E-state index in [-0.39, 0.29) is 12.5 Å². The van der Waals surface area contributed by atoms with Gasteiger partial charge in [-0.1, -0.05) is 6.07 Å². The minimum Gasteiger partial charge on any atom is -0.481 e. The van der Waals surface area contributed by atoms with Crippen molar-refractivity contribution in [1.82, 2.24) is 5.32 Å². The van der Waals surface area contributed by atoms with Gasteiger partial charge in [-0.25, -0.2) is 4.39 Å². The van der Waals surface area contributed by atoms with Gasteiger partial charge >= 0.3 is 0 Å². The van der Waals surface area contributed by atoms with Crippen molar-refractivity contribution in [1.29, 1.82) is 0 Å². The fraction of sp³-hybridized carbons (Fsp3) is 0.462. The number of aliphatic hydroxyl groups excluding tert-OH is 1. The number of ether oxygens (including phenoxy) is 1. The lowest BCUT2D eigenvalue weighted by Crippen LogP contribution is -2.50. The molecule has 2 N–H and O–H groups in total. The third kappa shape index (κ3) is 4.33. The van der Waals surface area contributed by atoms with Crippen LogP contribution >= 0.6 is 0 Å². The fourth-order valence-electron chi connectivity index (χ4n) is 1.27. The van der Waals surface area contributed by atoms with Crippen LogP contribution in [0.2, 0.25) is 0 Å². The lowest BCUT2D eigenvalue weighted by molar-refractivity contribution is -0.129. The molecule has 1 rings (SSSR count). The van der Waals surface area contributed by atoms with E-state index in [1.54, 1.807) is 26.8 Å². The second-order valence-corrected chi connectivity index (χ2v) is 4.75. The molecule has 100 valence electrons. The summed E-state index contributed by atoms with van der Waals surface area (Å²) in [6.45, 7) is 4.78. The van der Waals surface area contributed by atoms with E-state index in [2.05, 4.69) is 5.32 Å². The van der Waals surface area contributed by atoms with Gasteiger partial charge in [0.2, 0.25) is 0 Å². The Morgan fingerprint density at radius 3 is 2.78 bits per heavy atom. The molecular formula is C13H18FNO3. The minimum atomic E-state index is -0.766. The largest absolute Gasteiger partial charge is 0.481 e. The summed E-state index contributed by atoms with van der Waals surface area (Å²) in [5.41, 5.74) is -0.712. The van der Waals surface area contributed by atoms with E-state index in [4.69, 9.17) is 9.84 Å². The fourth-order valence-corrected chi connectivity index (χ4v) is 1.27. The predicted molar refractivity (Wildman–Crippen MR) is 65.8 cm³/mol. The average Bonchev–Trinajstić information content (AvgIpc) is 2.28. The Morgan fingerprint density at radius 1 is 1.56 bits per heavy atom. The van der Waals surface area contributed by atoms with Gasteiger partial charge in [0.1, 0.15) is 11.6 Å². The topological polar surface area (TPSA) is 58.6 Å². The Balaban J connectivity index is 2.60. The first-order chi connectivity index (χ1) is 8.34. The Labute approximate surface area is 106 Å². The SMILES string of the molecule is CC(Oc1cccc(F)c1)C(=O)NC(C)(C)CO. The number of amides is 1. The number of halogens is 1. The molecule has 0 saturated heterocycles. The summed E-state index contributed by atoms with van der Waals surface area (Å²) in [5, 5.41) is 11.7. The summed E-state index contributed by atoms with van der Waals surface area (Å²) in [7, 11) is 0. The van der Waals surface area contributed by atoms with E-state index in [1.165, 1.54) is 18.2 Å². The maximum atomic E-state index is 12.9. The number of benzene rings is 1. The van der Waals surface area contributed by atoms with Crippen LogP contribution in [0.5, 0.6) is 5.75 Å². The summed E-state index contributed by atoms with van der Waals surface area (Å²) >= 11 is 0. The molecule has 0 saturated carbocycles. The summed E-state index contributed by atoms with van der Waals surface area (Å²) < 4.78 is 18.2. The lowest BCUT2D eigenvalue weighted by Gasteiger charge is -2.25. The van der Waals surface area contributed by atoms with Crippen molar-refractivity contribution in [3.05, 3.63) is 30.1 Å². The molecule has 1 aromatic rings. The monoisotopic (exact) mass is 255 g/mol. The Kier molecular flexibility index (Phi) is 4.67. The zero-order valence-electron chi connectivity index (χ0n) is 10.7. The smallest absolute Gasteiger partial charge is 0.261 e. The number of nitrogens with one attached hydrogen (secondary N) is 1. The van der Waals surface area contributed by atoms with E-state index < -0.39 is 17.5 Å². The molecule has 1 amide bonds. The van der Waals surface area contributed by atoms with Gasteiger partial charge in [-0.2, -0.15) is 0 Å². The van der Waals surface area contributed by atoms with Gasteiger partial charge < -0.3 is 15.2 Å². The normalized spacial score (nSPS) is 12.9. The van der Waals surface area contributed by atoms with Gasteiger partial charge in [0.15, 0.2) is 6.10 Å². The molecule has 0 heterocycles. The third-order valence-electron chi connectivity index (χ3n) is 2.34. The highest BCUT2D eigenvalue weighted by atomic mass is 19.1. The van der Waals surface area contributed by atoms with Crippen molar-refractivity contribution in [3.8, 4) is 5.75 Å². The van der Waals surface area contributed by atoms with E-state index in [9.17, 15) is 9.18 Å². The van der Waals surface area contributed by atoms with E-state index in [0.29, 0.717) is 5.75 Å². The van der Waals surface area contributed by atoms with Crippen molar-refractivity contribution in [2.45, 2.75) is 32.4 Å². The molecule has 1 aromatic carbocycles. The third-order valence-corrected chi connectivity index (χ3v) is 2.34. The van der Waals surface area contributed by atoms with Crippen molar-refractivity contribution >= 4 is 5.91 Å². The van der Waals surface area contributed by atoms with Crippen molar-refractivity contribution in [2.75, 3.05) is 6.61 Å². The Morgan fingerprint density at radius 2 is 2.22 bits per heavy atom. The molecule has 0 fully saturated rings. The van der Waals surface area contributed by atoms with Crippen LogP contribution in [0, 0.1) is 5.82 Å². The maximum absolute atomic E-state index is 12.9. The molecule has 4 nitrogen and oxygen atoms in total. The zero-order valence-corrected chi connectivity index (χ0v) is 10.7. The Hall–Kier alpha value is -1.62. The van der Waals surface area contributed by atoms with Gasteiger partial charge in [-0.3, -0.25) is 4.79 Å². The molecule has 0 aliphatic carbocycles. The highest BCUT2D eigenvalue weighted by Crippen LogP contribution is 2.14. The highest BCUT2D eigenvalue weighted by Gasteiger charge is 2.23. The number of carbonyl (C=O) groups excluding carboxylic acids is 1. The van der Waals surface area contributed by atoms with Crippen LogP contribution in [0.3, 0.4) is 0 Å². The van der Waals surface area contributed by atoms with Crippen LogP contribution in [0.15, 0.2) is 24.3 Å². The van der Waals surface area contributed by atoms with Crippen LogP contribution in [-0.4, -0.2) is 29.3 Å². The first kappa shape index (κ1) is 14.4. The molecule has 0 radical (unpaired) electrons. The summed E-state index contributed by atoms with van der Waals surface area (Å²) in [5.74, 6) is -0.492. The van der Waals surface area contributed by atoms with Crippen LogP contribution in [-0.2, 0) is 4.79 Å². The van der Waals surface area contributed by atoms with Crippen molar-refractivity contribution < 1.29 is 19.0 Å². The maximum Gasteiger partial charge on any atom is 0.261 e. The highest BCUT2D eigenvalue weighted by molar-refractivity contribution is 5.81. The van der Waals surface area contributed by atoms with Crippen molar-refractivity contribution in [3.63, 3.8) is 0 Å². The summed E-state index contributed by atoms with van der Waals surface area (Å²) in [6, 6.07) is 5.59. The average molecular weight is 255 g/mol. The molecule has 1 unspecified atom stereocenters. The van der Waals surface area contributed by atoms with Gasteiger partial charge in [-0.15, -0.1) is 0 Å². The summed E-state index contributed by atoms with van der Waals surface area (Å²) in [6.07, 6.45) is -0.766. The van der Waals surface area contributed by atoms with Gasteiger partial charge in [0.25, 0.3) is 5.91 Å². The number of carbonyl (C=O) groups is 1. The van der Waals surface area contributed by atoms with E-state index in [1.807, 2.05) is 0 Å². The standard InChI is InChI=1S/C13H18FNO3/c1-9(12(17)15-13(2,3)8-16)18-11-6-4-5-10(14)7-11/h4-7,9,16H,8H2,1-3H3,(H,15,17). The second-order valence-electron chi connectivity index (χ2n) is 4.75. The lowest BCUT2D eigenvalue weighted by atomic mass is 10.1. The number of aliphatic hydroxyl groups is 1. The molecule has 0 aliphatic heterocycles. The summed E-state index contributed by atoms with van der Waals surface area (Å²) in [4.78, 5) is 11.8. The first-order valence-electron chi connectivity index (χ1n) is 5.69. The zero-order chi connectivity index (χ0) is 13.8. The van der Waals surface area contributed by atoms with Gasteiger partial charge in [0, 0.05) is 6.07 Å². The number of hydrogen-bond acceptors (Lipinski definition) is 3. The molecule has 0 aromatic heterocycles. The molecule has 0 aliphatic rings. The first-order valence-corrected chi connectivity index (χ1v) is 5.69. The second kappa shape index (κ2) is 5.82. The quantitative estimate of drug-likeness (QED) is 0.838. The van der Waals surface area contributed by atoms with Crippen LogP contribution < -0.4 is 10.1 Å². The molecule has 0 bridgehead atoms. The molecular weight excluding hydrogens is 237 g/mol. The number of rotatable bonds is 5. The minimum absolute atomic E-state index is 0.175. The molecule has 1 atom stereocenters. The van der Waals surface area contributed by atoms with Gasteiger partial charge in [0.05, 0.1) is 12.1 Å². The molecule has 18 heavy (non-hydrogen) atoms. The van der Waals surface area contributed by atoms with E-state index in [0.717, 1.165) is 0 Å².